The summed E-state index contributed by atoms with van der Waals surface area (Å²) in [5.41, 5.74) is 0.193. The van der Waals surface area contributed by atoms with Gasteiger partial charge in [-0.2, -0.15) is 5.26 Å². The zero-order valence-corrected chi connectivity index (χ0v) is 8.66. The van der Waals surface area contributed by atoms with E-state index in [9.17, 15) is 4.39 Å². The van der Waals surface area contributed by atoms with Gasteiger partial charge in [0.25, 0.3) is 0 Å². The highest BCUT2D eigenvalue weighted by atomic mass is 19.1. The van der Waals surface area contributed by atoms with Crippen molar-refractivity contribution in [1.29, 1.82) is 5.26 Å². The zero-order chi connectivity index (χ0) is 11.3. The lowest BCUT2D eigenvalue weighted by Crippen LogP contribution is -2.18. The number of hydrogen-bond donors (Lipinski definition) is 0. The molecule has 1 aromatic rings. The fourth-order valence-electron chi connectivity index (χ4n) is 1.18. The first-order chi connectivity index (χ1) is 7.17. The number of halogens is 1. The highest BCUT2D eigenvalue weighted by molar-refractivity contribution is 5.43. The van der Waals surface area contributed by atoms with Gasteiger partial charge in [-0.3, -0.25) is 0 Å². The molecule has 1 rings (SSSR count). The van der Waals surface area contributed by atoms with E-state index in [-0.39, 0.29) is 11.7 Å². The maximum atomic E-state index is 12.8. The molecule has 0 fully saturated rings. The smallest absolute Gasteiger partial charge is 0.137 e. The molecule has 0 amide bonds. The van der Waals surface area contributed by atoms with Crippen molar-refractivity contribution in [1.82, 2.24) is 0 Å². The van der Waals surface area contributed by atoms with Crippen LogP contribution in [0.5, 0.6) is 5.75 Å². The molecule has 4 heteroatoms. The first-order valence-electron chi connectivity index (χ1n) is 4.52. The van der Waals surface area contributed by atoms with Crippen LogP contribution in [0.25, 0.3) is 0 Å². The van der Waals surface area contributed by atoms with Crippen molar-refractivity contribution in [2.45, 2.75) is 13.0 Å². The van der Waals surface area contributed by atoms with E-state index in [4.69, 9.17) is 14.7 Å². The Balaban J connectivity index is 2.81. The predicted molar refractivity (Wildman–Crippen MR) is 53.1 cm³/mol. The SMILES string of the molecule is COCC(C)Oc1ccc(F)cc1C#N. The summed E-state index contributed by atoms with van der Waals surface area (Å²) in [6, 6.07) is 5.73. The van der Waals surface area contributed by atoms with E-state index in [0.29, 0.717) is 12.4 Å². The van der Waals surface area contributed by atoms with Gasteiger partial charge in [0.05, 0.1) is 12.2 Å². The Morgan fingerprint density at radius 2 is 2.27 bits per heavy atom. The Hall–Kier alpha value is -1.60. The fourth-order valence-corrected chi connectivity index (χ4v) is 1.18. The molecule has 0 spiro atoms. The summed E-state index contributed by atoms with van der Waals surface area (Å²) in [5, 5.41) is 8.76. The van der Waals surface area contributed by atoms with Crippen LogP contribution in [-0.2, 0) is 4.74 Å². The molecule has 0 radical (unpaired) electrons. The van der Waals surface area contributed by atoms with E-state index in [1.165, 1.54) is 12.1 Å². The van der Waals surface area contributed by atoms with Gasteiger partial charge in [0.2, 0.25) is 0 Å². The lowest BCUT2D eigenvalue weighted by Gasteiger charge is -2.14. The number of hydrogen-bond acceptors (Lipinski definition) is 3. The molecule has 0 aliphatic rings. The van der Waals surface area contributed by atoms with E-state index in [1.54, 1.807) is 7.11 Å². The second kappa shape index (κ2) is 5.32. The third-order valence-electron chi connectivity index (χ3n) is 1.79. The highest BCUT2D eigenvalue weighted by Crippen LogP contribution is 2.19. The zero-order valence-electron chi connectivity index (χ0n) is 8.66. The third-order valence-corrected chi connectivity index (χ3v) is 1.79. The standard InChI is InChI=1S/C11H12FNO2/c1-8(7-14-2)15-11-4-3-10(12)5-9(11)6-13/h3-5,8H,7H2,1-2H3. The lowest BCUT2D eigenvalue weighted by molar-refractivity contribution is 0.0918. The average molecular weight is 209 g/mol. The van der Waals surface area contributed by atoms with Gasteiger partial charge in [-0.1, -0.05) is 0 Å². The van der Waals surface area contributed by atoms with Gasteiger partial charge in [0.15, 0.2) is 0 Å². The molecular formula is C11H12FNO2. The quantitative estimate of drug-likeness (QED) is 0.762. The Bertz CT molecular complexity index is 373. The van der Waals surface area contributed by atoms with Gasteiger partial charge >= 0.3 is 0 Å². The summed E-state index contributed by atoms with van der Waals surface area (Å²) in [7, 11) is 1.57. The summed E-state index contributed by atoms with van der Waals surface area (Å²) in [4.78, 5) is 0. The van der Waals surface area contributed by atoms with Crippen LogP contribution in [-0.4, -0.2) is 19.8 Å². The second-order valence-electron chi connectivity index (χ2n) is 3.14. The molecule has 1 atom stereocenters. The van der Waals surface area contributed by atoms with Crippen molar-refractivity contribution >= 4 is 0 Å². The van der Waals surface area contributed by atoms with Crippen LogP contribution in [0.4, 0.5) is 4.39 Å². The predicted octanol–water partition coefficient (Wildman–Crippen LogP) is 2.11. The topological polar surface area (TPSA) is 42.2 Å². The van der Waals surface area contributed by atoms with Gasteiger partial charge in [-0.15, -0.1) is 0 Å². The maximum absolute atomic E-state index is 12.8. The van der Waals surface area contributed by atoms with Crippen molar-refractivity contribution in [3.8, 4) is 11.8 Å². The van der Waals surface area contributed by atoms with E-state index in [0.717, 1.165) is 6.07 Å². The van der Waals surface area contributed by atoms with Gasteiger partial charge in [-0.05, 0) is 25.1 Å². The summed E-state index contributed by atoms with van der Waals surface area (Å²) >= 11 is 0. The van der Waals surface area contributed by atoms with Crippen LogP contribution >= 0.6 is 0 Å². The molecule has 0 saturated heterocycles. The van der Waals surface area contributed by atoms with Gasteiger partial charge in [-0.25, -0.2) is 4.39 Å². The molecule has 0 aliphatic carbocycles. The minimum absolute atomic E-state index is 0.174. The molecule has 1 unspecified atom stereocenters. The number of nitrogens with zero attached hydrogens (tertiary/aromatic N) is 1. The molecule has 0 heterocycles. The van der Waals surface area contributed by atoms with E-state index < -0.39 is 5.82 Å². The maximum Gasteiger partial charge on any atom is 0.137 e. The van der Waals surface area contributed by atoms with E-state index in [2.05, 4.69) is 0 Å². The number of rotatable bonds is 4. The average Bonchev–Trinajstić information content (AvgIpc) is 2.21. The summed E-state index contributed by atoms with van der Waals surface area (Å²) in [5.74, 6) is -0.0678. The summed E-state index contributed by atoms with van der Waals surface area (Å²) in [6.07, 6.45) is -0.174. The highest BCUT2D eigenvalue weighted by Gasteiger charge is 2.08. The van der Waals surface area contributed by atoms with E-state index in [1.807, 2.05) is 13.0 Å². The Morgan fingerprint density at radius 3 is 2.87 bits per heavy atom. The summed E-state index contributed by atoms with van der Waals surface area (Å²) < 4.78 is 23.1. The minimum atomic E-state index is -0.446. The van der Waals surface area contributed by atoms with Crippen molar-refractivity contribution in [3.05, 3.63) is 29.6 Å². The molecule has 1 aromatic carbocycles. The van der Waals surface area contributed by atoms with Gasteiger partial charge < -0.3 is 9.47 Å². The van der Waals surface area contributed by atoms with Crippen LogP contribution in [0.3, 0.4) is 0 Å². The molecule has 0 saturated carbocycles. The number of nitriles is 1. The molecule has 0 bridgehead atoms. The normalized spacial score (nSPS) is 11.9. The molecule has 80 valence electrons. The third kappa shape index (κ3) is 3.22. The van der Waals surface area contributed by atoms with Crippen LogP contribution < -0.4 is 4.74 Å². The number of benzene rings is 1. The first-order valence-corrected chi connectivity index (χ1v) is 4.52. The fraction of sp³-hybridized carbons (Fsp3) is 0.364. The molecule has 3 nitrogen and oxygen atoms in total. The van der Waals surface area contributed by atoms with Crippen molar-refractivity contribution in [2.24, 2.45) is 0 Å². The van der Waals surface area contributed by atoms with Crippen molar-refractivity contribution in [3.63, 3.8) is 0 Å². The summed E-state index contributed by atoms with van der Waals surface area (Å²) in [6.45, 7) is 2.23. The number of ether oxygens (including phenoxy) is 2. The molecule has 0 N–H and O–H groups in total. The Morgan fingerprint density at radius 1 is 1.53 bits per heavy atom. The number of methoxy groups -OCH3 is 1. The molecule has 0 aromatic heterocycles. The molecular weight excluding hydrogens is 197 g/mol. The first kappa shape index (κ1) is 11.5. The van der Waals surface area contributed by atoms with Gasteiger partial charge in [0.1, 0.15) is 23.7 Å². The van der Waals surface area contributed by atoms with Crippen LogP contribution in [0.2, 0.25) is 0 Å². The second-order valence-corrected chi connectivity index (χ2v) is 3.14. The van der Waals surface area contributed by atoms with Crippen LogP contribution in [0.15, 0.2) is 18.2 Å². The molecule has 15 heavy (non-hydrogen) atoms. The van der Waals surface area contributed by atoms with Crippen molar-refractivity contribution in [2.75, 3.05) is 13.7 Å². The molecule has 0 aliphatic heterocycles. The Labute approximate surface area is 88.0 Å². The monoisotopic (exact) mass is 209 g/mol. The Kier molecular flexibility index (Phi) is 4.07. The van der Waals surface area contributed by atoms with Crippen LogP contribution in [0.1, 0.15) is 12.5 Å². The van der Waals surface area contributed by atoms with Crippen molar-refractivity contribution < 1.29 is 13.9 Å². The minimum Gasteiger partial charge on any atom is -0.487 e. The largest absolute Gasteiger partial charge is 0.487 e. The van der Waals surface area contributed by atoms with Crippen LogP contribution in [0, 0.1) is 17.1 Å². The van der Waals surface area contributed by atoms with Gasteiger partial charge in [0, 0.05) is 7.11 Å². The lowest BCUT2D eigenvalue weighted by atomic mass is 10.2. The van der Waals surface area contributed by atoms with E-state index >= 15 is 0 Å².